The number of rotatable bonds is 4. The molecule has 0 aliphatic rings. The Labute approximate surface area is 110 Å². The molecule has 0 spiro atoms. The van der Waals surface area contributed by atoms with Gasteiger partial charge >= 0.3 is 0 Å². The number of hydrogen-bond donors (Lipinski definition) is 1. The number of amides is 1. The molecule has 5 heteroatoms. The molecular weight excluding hydrogens is 242 g/mol. The van der Waals surface area contributed by atoms with Gasteiger partial charge < -0.3 is 4.42 Å². The van der Waals surface area contributed by atoms with Crippen LogP contribution < -0.4 is 5.43 Å². The van der Waals surface area contributed by atoms with Crippen LogP contribution in [0.4, 0.5) is 0 Å². The number of carbonyl (C=O) groups is 1. The average molecular weight is 253 g/mol. The Hall–Kier alpha value is -2.87. The summed E-state index contributed by atoms with van der Waals surface area (Å²) in [6, 6.07) is 15.0. The van der Waals surface area contributed by atoms with Crippen molar-refractivity contribution < 1.29 is 9.21 Å². The molecule has 0 aliphatic carbocycles. The molecule has 0 atom stereocenters. The fourth-order valence-electron chi connectivity index (χ4n) is 1.46. The van der Waals surface area contributed by atoms with Crippen molar-refractivity contribution >= 4 is 12.1 Å². The highest BCUT2D eigenvalue weighted by molar-refractivity contribution is 5.81. The van der Waals surface area contributed by atoms with Gasteiger partial charge in [-0.15, -0.1) is 0 Å². The maximum absolute atomic E-state index is 11.0. The Morgan fingerprint density at radius 3 is 2.84 bits per heavy atom. The summed E-state index contributed by atoms with van der Waals surface area (Å²) in [4.78, 5) is 11.0. The summed E-state index contributed by atoms with van der Waals surface area (Å²) in [7, 11) is 0. The predicted molar refractivity (Wildman–Crippen MR) is 70.1 cm³/mol. The lowest BCUT2D eigenvalue weighted by atomic mass is 10.2. The SMILES string of the molecule is N#CCC(=O)N/N=C/c1ccc(-c2ccccc2)o1. The van der Waals surface area contributed by atoms with Crippen LogP contribution in [0.5, 0.6) is 0 Å². The summed E-state index contributed by atoms with van der Waals surface area (Å²) in [5, 5.41) is 12.0. The molecule has 0 unspecified atom stereocenters. The molecule has 0 saturated carbocycles. The number of benzene rings is 1. The third-order valence-electron chi connectivity index (χ3n) is 2.31. The number of nitrogens with zero attached hydrogens (tertiary/aromatic N) is 2. The molecule has 1 aromatic carbocycles. The van der Waals surface area contributed by atoms with Gasteiger partial charge in [-0.2, -0.15) is 10.4 Å². The van der Waals surface area contributed by atoms with Crippen LogP contribution in [-0.2, 0) is 4.79 Å². The number of nitrogens with one attached hydrogen (secondary N) is 1. The van der Waals surface area contributed by atoms with Gasteiger partial charge in [0.2, 0.25) is 0 Å². The Morgan fingerprint density at radius 1 is 1.32 bits per heavy atom. The van der Waals surface area contributed by atoms with Crippen molar-refractivity contribution in [2.45, 2.75) is 6.42 Å². The Morgan fingerprint density at radius 2 is 2.11 bits per heavy atom. The fourth-order valence-corrected chi connectivity index (χ4v) is 1.46. The summed E-state index contributed by atoms with van der Waals surface area (Å²) < 4.78 is 5.55. The first-order valence-electron chi connectivity index (χ1n) is 5.63. The third kappa shape index (κ3) is 3.54. The summed E-state index contributed by atoms with van der Waals surface area (Å²) in [5.74, 6) is 0.801. The van der Waals surface area contributed by atoms with Gasteiger partial charge in [-0.3, -0.25) is 4.79 Å². The standard InChI is InChI=1S/C14H11N3O2/c15-9-8-14(18)17-16-10-12-6-7-13(19-12)11-4-2-1-3-5-11/h1-7,10H,8H2,(H,17,18)/b16-10+. The van der Waals surface area contributed by atoms with Crippen LogP contribution in [0.2, 0.25) is 0 Å². The van der Waals surface area contributed by atoms with Crippen molar-refractivity contribution in [1.29, 1.82) is 5.26 Å². The number of hydrazone groups is 1. The molecule has 5 nitrogen and oxygen atoms in total. The van der Waals surface area contributed by atoms with E-state index in [1.807, 2.05) is 36.4 Å². The first-order valence-corrected chi connectivity index (χ1v) is 5.63. The van der Waals surface area contributed by atoms with Crippen LogP contribution in [-0.4, -0.2) is 12.1 Å². The van der Waals surface area contributed by atoms with Crippen LogP contribution >= 0.6 is 0 Å². The molecule has 0 bridgehead atoms. The number of hydrogen-bond acceptors (Lipinski definition) is 4. The first kappa shape index (κ1) is 12.6. The molecular formula is C14H11N3O2. The van der Waals surface area contributed by atoms with E-state index in [-0.39, 0.29) is 6.42 Å². The minimum absolute atomic E-state index is 0.217. The normalized spacial score (nSPS) is 10.3. The zero-order valence-electron chi connectivity index (χ0n) is 10.0. The van der Waals surface area contributed by atoms with E-state index >= 15 is 0 Å². The van der Waals surface area contributed by atoms with Gasteiger partial charge in [-0.05, 0) is 12.1 Å². The number of furan rings is 1. The lowest BCUT2D eigenvalue weighted by molar-refractivity contribution is -0.120. The Balaban J connectivity index is 2.00. The molecule has 0 saturated heterocycles. The Bertz CT molecular complexity index is 624. The maximum Gasteiger partial charge on any atom is 0.254 e. The van der Waals surface area contributed by atoms with E-state index in [2.05, 4.69) is 10.5 Å². The summed E-state index contributed by atoms with van der Waals surface area (Å²) >= 11 is 0. The smallest absolute Gasteiger partial charge is 0.254 e. The topological polar surface area (TPSA) is 78.4 Å². The molecule has 0 fully saturated rings. The monoisotopic (exact) mass is 253 g/mol. The zero-order chi connectivity index (χ0) is 13.5. The predicted octanol–water partition coefficient (Wildman–Crippen LogP) is 2.31. The fraction of sp³-hybridized carbons (Fsp3) is 0.0714. The molecule has 2 aromatic rings. The summed E-state index contributed by atoms with van der Waals surface area (Å²) in [6.45, 7) is 0. The second kappa shape index (κ2) is 6.17. The molecule has 1 aromatic heterocycles. The quantitative estimate of drug-likeness (QED) is 0.670. The van der Waals surface area contributed by atoms with Crippen molar-refractivity contribution in [3.63, 3.8) is 0 Å². The van der Waals surface area contributed by atoms with E-state index in [9.17, 15) is 4.79 Å². The zero-order valence-corrected chi connectivity index (χ0v) is 10.0. The van der Waals surface area contributed by atoms with Crippen LogP contribution in [0, 0.1) is 11.3 Å². The second-order valence-corrected chi connectivity index (χ2v) is 3.70. The van der Waals surface area contributed by atoms with Crippen LogP contribution in [0.3, 0.4) is 0 Å². The molecule has 0 aliphatic heterocycles. The van der Waals surface area contributed by atoms with Gasteiger partial charge in [0.05, 0.1) is 12.3 Å². The van der Waals surface area contributed by atoms with Crippen LogP contribution in [0.15, 0.2) is 52.0 Å². The van der Waals surface area contributed by atoms with E-state index < -0.39 is 5.91 Å². The van der Waals surface area contributed by atoms with Crippen LogP contribution in [0.1, 0.15) is 12.2 Å². The van der Waals surface area contributed by atoms with E-state index in [1.54, 1.807) is 12.1 Å². The summed E-state index contributed by atoms with van der Waals surface area (Å²) in [6.07, 6.45) is 1.17. The number of nitriles is 1. The van der Waals surface area contributed by atoms with Crippen molar-refractivity contribution in [2.75, 3.05) is 0 Å². The molecule has 1 amide bonds. The van der Waals surface area contributed by atoms with Gasteiger partial charge in [-0.1, -0.05) is 30.3 Å². The first-order chi connectivity index (χ1) is 9.29. The highest BCUT2D eigenvalue weighted by Gasteiger charge is 2.02. The van der Waals surface area contributed by atoms with Gasteiger partial charge in [0.1, 0.15) is 17.9 Å². The highest BCUT2D eigenvalue weighted by Crippen LogP contribution is 2.20. The van der Waals surface area contributed by atoms with E-state index in [0.29, 0.717) is 5.76 Å². The van der Waals surface area contributed by atoms with Crippen molar-refractivity contribution in [1.82, 2.24) is 5.43 Å². The van der Waals surface area contributed by atoms with Gasteiger partial charge in [-0.25, -0.2) is 5.43 Å². The highest BCUT2D eigenvalue weighted by atomic mass is 16.3. The van der Waals surface area contributed by atoms with Crippen molar-refractivity contribution in [2.24, 2.45) is 5.10 Å². The minimum Gasteiger partial charge on any atom is -0.455 e. The van der Waals surface area contributed by atoms with Crippen molar-refractivity contribution in [3.05, 3.63) is 48.2 Å². The van der Waals surface area contributed by atoms with E-state index in [4.69, 9.17) is 9.68 Å². The molecule has 94 valence electrons. The molecule has 1 heterocycles. The molecule has 1 N–H and O–H groups in total. The van der Waals surface area contributed by atoms with Gasteiger partial charge in [0, 0.05) is 5.56 Å². The maximum atomic E-state index is 11.0. The third-order valence-corrected chi connectivity index (χ3v) is 2.31. The molecule has 2 rings (SSSR count). The lowest BCUT2D eigenvalue weighted by Gasteiger charge is -1.94. The van der Waals surface area contributed by atoms with Gasteiger partial charge in [0.15, 0.2) is 0 Å². The number of carbonyl (C=O) groups excluding carboxylic acids is 1. The summed E-state index contributed by atoms with van der Waals surface area (Å²) in [5.41, 5.74) is 3.20. The van der Waals surface area contributed by atoms with E-state index in [0.717, 1.165) is 11.3 Å². The molecule has 0 radical (unpaired) electrons. The second-order valence-electron chi connectivity index (χ2n) is 3.70. The minimum atomic E-state index is -0.450. The Kier molecular flexibility index (Phi) is 4.09. The van der Waals surface area contributed by atoms with Crippen LogP contribution in [0.25, 0.3) is 11.3 Å². The molecule has 19 heavy (non-hydrogen) atoms. The largest absolute Gasteiger partial charge is 0.455 e. The average Bonchev–Trinajstić information content (AvgIpc) is 2.89. The van der Waals surface area contributed by atoms with Gasteiger partial charge in [0.25, 0.3) is 5.91 Å². The van der Waals surface area contributed by atoms with E-state index in [1.165, 1.54) is 6.21 Å². The lowest BCUT2D eigenvalue weighted by Crippen LogP contribution is -2.15. The van der Waals surface area contributed by atoms with Crippen molar-refractivity contribution in [3.8, 4) is 17.4 Å².